The number of ether oxygens (including phenoxy) is 2. The predicted octanol–water partition coefficient (Wildman–Crippen LogP) is 2.62. The van der Waals surface area contributed by atoms with Crippen LogP contribution in [0.25, 0.3) is 11.1 Å². The third-order valence-corrected chi connectivity index (χ3v) is 6.62. The topological polar surface area (TPSA) is 105 Å². The van der Waals surface area contributed by atoms with Gasteiger partial charge in [-0.1, -0.05) is 48.5 Å². The van der Waals surface area contributed by atoms with Crippen molar-refractivity contribution in [1.82, 2.24) is 10.2 Å². The largest absolute Gasteiger partial charge is 0.480 e. The van der Waals surface area contributed by atoms with Crippen molar-refractivity contribution in [3.63, 3.8) is 0 Å². The first-order valence-electron chi connectivity index (χ1n) is 11.2. The fourth-order valence-corrected chi connectivity index (χ4v) is 4.86. The summed E-state index contributed by atoms with van der Waals surface area (Å²) in [6.07, 6.45) is 0.995. The number of benzene rings is 2. The number of carbonyl (C=O) groups excluding carboxylic acids is 2. The van der Waals surface area contributed by atoms with Gasteiger partial charge in [0.05, 0.1) is 25.2 Å². The van der Waals surface area contributed by atoms with Crippen molar-refractivity contribution in [3.8, 4) is 11.1 Å². The summed E-state index contributed by atoms with van der Waals surface area (Å²) in [5.74, 6) is -2.01. The molecule has 0 bridgehead atoms. The number of rotatable bonds is 7. The molecule has 2 aromatic carbocycles. The lowest BCUT2D eigenvalue weighted by molar-refractivity contribution is -0.147. The zero-order valence-electron chi connectivity index (χ0n) is 18.1. The van der Waals surface area contributed by atoms with E-state index in [1.807, 2.05) is 24.3 Å². The molecule has 0 radical (unpaired) electrons. The van der Waals surface area contributed by atoms with Crippen molar-refractivity contribution in [1.29, 1.82) is 0 Å². The van der Waals surface area contributed by atoms with Crippen LogP contribution in [-0.2, 0) is 19.1 Å². The van der Waals surface area contributed by atoms with Gasteiger partial charge in [0.15, 0.2) is 0 Å². The lowest BCUT2D eigenvalue weighted by atomic mass is 9.98. The summed E-state index contributed by atoms with van der Waals surface area (Å²) in [5.41, 5.74) is 4.54. The highest BCUT2D eigenvalue weighted by Crippen LogP contribution is 2.44. The molecule has 172 valence electrons. The van der Waals surface area contributed by atoms with Gasteiger partial charge in [0.25, 0.3) is 0 Å². The molecule has 8 nitrogen and oxygen atoms in total. The minimum Gasteiger partial charge on any atom is -0.480 e. The fourth-order valence-electron chi connectivity index (χ4n) is 4.86. The molecule has 1 aliphatic heterocycles. The van der Waals surface area contributed by atoms with Crippen LogP contribution >= 0.6 is 0 Å². The normalized spacial score (nSPS) is 21.2. The number of carboxylic acid groups (broad SMARTS) is 1. The SMILES string of the molecule is O=C(O)CN(C(=O)C1COCC1NC(=O)OCC1c2ccccc2-c2ccccc21)C1CC1. The second kappa shape index (κ2) is 8.86. The number of fused-ring (bicyclic) bond motifs is 3. The Morgan fingerprint density at radius 2 is 1.64 bits per heavy atom. The monoisotopic (exact) mass is 450 g/mol. The molecule has 1 heterocycles. The summed E-state index contributed by atoms with van der Waals surface area (Å²) >= 11 is 0. The van der Waals surface area contributed by atoms with E-state index < -0.39 is 24.0 Å². The Hall–Kier alpha value is -3.39. The van der Waals surface area contributed by atoms with E-state index in [-0.39, 0.29) is 44.2 Å². The van der Waals surface area contributed by atoms with E-state index in [0.717, 1.165) is 35.1 Å². The number of alkyl carbamates (subject to hydrolysis) is 1. The summed E-state index contributed by atoms with van der Waals surface area (Å²) in [7, 11) is 0. The van der Waals surface area contributed by atoms with Crippen LogP contribution in [0.1, 0.15) is 29.9 Å². The van der Waals surface area contributed by atoms with Gasteiger partial charge in [-0.25, -0.2) is 4.79 Å². The Kier molecular flexibility index (Phi) is 5.76. The number of hydrogen-bond acceptors (Lipinski definition) is 5. The summed E-state index contributed by atoms with van der Waals surface area (Å²) in [6, 6.07) is 15.6. The van der Waals surface area contributed by atoms with Gasteiger partial charge in [-0.15, -0.1) is 0 Å². The van der Waals surface area contributed by atoms with E-state index in [2.05, 4.69) is 29.6 Å². The molecule has 2 aromatic rings. The molecule has 2 atom stereocenters. The van der Waals surface area contributed by atoms with E-state index in [9.17, 15) is 14.4 Å². The first-order valence-corrected chi connectivity index (χ1v) is 11.2. The Bertz CT molecular complexity index is 1040. The van der Waals surface area contributed by atoms with Crippen molar-refractivity contribution < 1.29 is 29.0 Å². The fraction of sp³-hybridized carbons (Fsp3) is 0.400. The maximum absolute atomic E-state index is 13.0. The number of nitrogens with zero attached hydrogens (tertiary/aromatic N) is 1. The van der Waals surface area contributed by atoms with Gasteiger partial charge in [0.1, 0.15) is 13.2 Å². The van der Waals surface area contributed by atoms with Crippen LogP contribution in [0.15, 0.2) is 48.5 Å². The number of amides is 2. The van der Waals surface area contributed by atoms with E-state index in [1.54, 1.807) is 0 Å². The number of aliphatic carboxylic acids is 1. The Morgan fingerprint density at radius 3 is 2.24 bits per heavy atom. The molecule has 2 fully saturated rings. The average molecular weight is 450 g/mol. The van der Waals surface area contributed by atoms with Gasteiger partial charge in [-0.2, -0.15) is 0 Å². The molecule has 2 N–H and O–H groups in total. The van der Waals surface area contributed by atoms with Crippen molar-refractivity contribution in [3.05, 3.63) is 59.7 Å². The Balaban J connectivity index is 1.22. The van der Waals surface area contributed by atoms with Crippen LogP contribution < -0.4 is 5.32 Å². The molecule has 2 amide bonds. The number of hydrogen-bond donors (Lipinski definition) is 2. The second-order valence-electron chi connectivity index (χ2n) is 8.81. The summed E-state index contributed by atoms with van der Waals surface area (Å²) in [5, 5.41) is 11.9. The molecule has 2 aliphatic carbocycles. The maximum atomic E-state index is 13.0. The van der Waals surface area contributed by atoms with Crippen molar-refractivity contribution in [2.24, 2.45) is 5.92 Å². The van der Waals surface area contributed by atoms with Crippen molar-refractivity contribution >= 4 is 18.0 Å². The second-order valence-corrected chi connectivity index (χ2v) is 8.81. The third kappa shape index (κ3) is 4.30. The highest BCUT2D eigenvalue weighted by Gasteiger charge is 2.43. The molecular weight excluding hydrogens is 424 g/mol. The molecular formula is C25H26N2O6. The maximum Gasteiger partial charge on any atom is 0.407 e. The smallest absolute Gasteiger partial charge is 0.407 e. The van der Waals surface area contributed by atoms with Crippen LogP contribution in [0.2, 0.25) is 0 Å². The van der Waals surface area contributed by atoms with E-state index >= 15 is 0 Å². The number of nitrogens with one attached hydrogen (secondary N) is 1. The van der Waals surface area contributed by atoms with Gasteiger partial charge >= 0.3 is 12.1 Å². The molecule has 3 aliphatic rings. The number of carboxylic acids is 1. The minimum atomic E-state index is -1.05. The quantitative estimate of drug-likeness (QED) is 0.672. The first-order chi connectivity index (χ1) is 16.0. The zero-order valence-corrected chi connectivity index (χ0v) is 18.1. The van der Waals surface area contributed by atoms with Gasteiger partial charge in [-0.05, 0) is 35.1 Å². The molecule has 8 heteroatoms. The molecule has 5 rings (SSSR count). The molecule has 1 saturated heterocycles. The van der Waals surface area contributed by atoms with Crippen molar-refractivity contribution in [2.45, 2.75) is 30.8 Å². The predicted molar refractivity (Wildman–Crippen MR) is 119 cm³/mol. The van der Waals surface area contributed by atoms with Crippen LogP contribution in [0.5, 0.6) is 0 Å². The highest BCUT2D eigenvalue weighted by molar-refractivity contribution is 5.85. The lowest BCUT2D eigenvalue weighted by Gasteiger charge is -2.26. The minimum absolute atomic E-state index is 0.0377. The molecule has 2 unspecified atom stereocenters. The molecule has 0 spiro atoms. The van der Waals surface area contributed by atoms with Gasteiger partial charge in [-0.3, -0.25) is 9.59 Å². The van der Waals surface area contributed by atoms with Crippen LogP contribution in [0.3, 0.4) is 0 Å². The van der Waals surface area contributed by atoms with E-state index in [1.165, 1.54) is 4.90 Å². The van der Waals surface area contributed by atoms with E-state index in [0.29, 0.717) is 0 Å². The molecule has 1 saturated carbocycles. The van der Waals surface area contributed by atoms with Gasteiger partial charge in [0, 0.05) is 12.0 Å². The average Bonchev–Trinajstić information content (AvgIpc) is 3.47. The first kappa shape index (κ1) is 21.5. The van der Waals surface area contributed by atoms with Crippen molar-refractivity contribution in [2.75, 3.05) is 26.4 Å². The lowest BCUT2D eigenvalue weighted by Crippen LogP contribution is -2.49. The van der Waals surface area contributed by atoms with Crippen LogP contribution in [-0.4, -0.2) is 66.4 Å². The van der Waals surface area contributed by atoms with Gasteiger partial charge < -0.3 is 24.8 Å². The number of carbonyl (C=O) groups is 3. The standard InChI is InChI=1S/C25H26N2O6/c28-23(29)11-27(15-9-10-15)24(30)21-12-32-14-22(21)26-25(31)33-13-20-18-7-3-1-5-16(18)17-6-2-4-8-19(17)20/h1-8,15,20-22H,9-14H2,(H,26,31)(H,28,29). The molecule has 33 heavy (non-hydrogen) atoms. The van der Waals surface area contributed by atoms with E-state index in [4.69, 9.17) is 14.6 Å². The summed E-state index contributed by atoms with van der Waals surface area (Å²) in [4.78, 5) is 38.2. The van der Waals surface area contributed by atoms with Crippen LogP contribution in [0.4, 0.5) is 4.79 Å². The third-order valence-electron chi connectivity index (χ3n) is 6.62. The Morgan fingerprint density at radius 1 is 1.00 bits per heavy atom. The zero-order chi connectivity index (χ0) is 22.9. The molecule has 0 aromatic heterocycles. The van der Waals surface area contributed by atoms with Crippen LogP contribution in [0, 0.1) is 5.92 Å². The summed E-state index contributed by atoms with van der Waals surface area (Å²) < 4.78 is 11.0. The van der Waals surface area contributed by atoms with Gasteiger partial charge in [0.2, 0.25) is 5.91 Å². The summed E-state index contributed by atoms with van der Waals surface area (Å²) in [6.45, 7) is 0.180. The Labute approximate surface area is 191 Å². The highest BCUT2D eigenvalue weighted by atomic mass is 16.5.